The average molecular weight is 490 g/mol. The van der Waals surface area contributed by atoms with Crippen LogP contribution in [0, 0.1) is 13.8 Å². The van der Waals surface area contributed by atoms with E-state index in [9.17, 15) is 14.4 Å². The fourth-order valence-corrected chi connectivity index (χ4v) is 5.11. The number of aryl methyl sites for hydroxylation is 2. The van der Waals surface area contributed by atoms with Crippen LogP contribution in [0.5, 0.6) is 0 Å². The van der Waals surface area contributed by atoms with Crippen molar-refractivity contribution in [3.8, 4) is 0 Å². The number of amides is 2. The number of hydrogen-bond donors (Lipinski definition) is 0. The number of anilines is 1. The Morgan fingerprint density at radius 1 is 0.944 bits per heavy atom. The minimum Gasteiger partial charge on any atom is -0.463 e. The predicted octanol–water partition coefficient (Wildman–Crippen LogP) is 3.81. The van der Waals surface area contributed by atoms with E-state index in [1.54, 1.807) is 13.8 Å². The van der Waals surface area contributed by atoms with E-state index in [2.05, 4.69) is 24.0 Å². The number of carbonyl (C=O) groups excluding carboxylic acids is 3. The number of rotatable bonds is 6. The monoisotopic (exact) mass is 489 g/mol. The van der Waals surface area contributed by atoms with Gasteiger partial charge >= 0.3 is 5.97 Å². The summed E-state index contributed by atoms with van der Waals surface area (Å²) in [6.45, 7) is 10.4. The first-order valence-electron chi connectivity index (χ1n) is 12.6. The number of para-hydroxylation sites is 1. The smallest absolute Gasteiger partial charge is 0.336 e. The lowest BCUT2D eigenvalue weighted by molar-refractivity contribution is -0.142. The first-order chi connectivity index (χ1) is 17.3. The molecule has 0 spiro atoms. The summed E-state index contributed by atoms with van der Waals surface area (Å²) in [5.41, 5.74) is 5.37. The van der Waals surface area contributed by atoms with E-state index in [0.29, 0.717) is 24.4 Å². The van der Waals surface area contributed by atoms with Crippen LogP contribution in [0.4, 0.5) is 5.69 Å². The van der Waals surface area contributed by atoms with Crippen LogP contribution in [0.1, 0.15) is 42.9 Å². The van der Waals surface area contributed by atoms with Gasteiger partial charge in [0.05, 0.1) is 12.2 Å². The van der Waals surface area contributed by atoms with Crippen LogP contribution in [0.2, 0.25) is 0 Å². The van der Waals surface area contributed by atoms with Crippen LogP contribution in [-0.2, 0) is 19.1 Å². The van der Waals surface area contributed by atoms with Gasteiger partial charge in [0.25, 0.3) is 0 Å². The molecule has 2 aliphatic rings. The van der Waals surface area contributed by atoms with Crippen molar-refractivity contribution in [2.45, 2.75) is 40.0 Å². The second-order valence-corrected chi connectivity index (χ2v) is 9.52. The molecule has 0 radical (unpaired) electrons. The zero-order chi connectivity index (χ0) is 25.8. The lowest BCUT2D eigenvalue weighted by Crippen LogP contribution is -2.52. The molecule has 1 saturated heterocycles. The highest BCUT2D eigenvalue weighted by atomic mass is 16.5. The van der Waals surface area contributed by atoms with Crippen molar-refractivity contribution in [2.24, 2.45) is 0 Å². The summed E-state index contributed by atoms with van der Waals surface area (Å²) < 4.78 is 5.36. The molecule has 0 saturated carbocycles. The highest BCUT2D eigenvalue weighted by Gasteiger charge is 2.38. The molecule has 0 aromatic heterocycles. The standard InChI is InChI=1S/C29H35N3O4/c1-5-36-29(35)28-22(4)32(26(33)18-24(28)23-12-10-20(2)11-13-23)19-27(34)31-16-14-30(15-17-31)25-9-7-6-8-21(25)3/h6-13,24H,5,14-19H2,1-4H3. The van der Waals surface area contributed by atoms with Gasteiger partial charge in [-0.05, 0) is 44.9 Å². The second-order valence-electron chi connectivity index (χ2n) is 9.52. The first-order valence-corrected chi connectivity index (χ1v) is 12.6. The van der Waals surface area contributed by atoms with Gasteiger partial charge < -0.3 is 19.4 Å². The predicted molar refractivity (Wildman–Crippen MR) is 140 cm³/mol. The summed E-state index contributed by atoms with van der Waals surface area (Å²) in [6, 6.07) is 16.1. The van der Waals surface area contributed by atoms with Crippen LogP contribution in [0.25, 0.3) is 0 Å². The summed E-state index contributed by atoms with van der Waals surface area (Å²) in [7, 11) is 0. The zero-order valence-electron chi connectivity index (χ0n) is 21.6. The van der Waals surface area contributed by atoms with Crippen molar-refractivity contribution in [3.05, 3.63) is 76.5 Å². The van der Waals surface area contributed by atoms with Gasteiger partial charge in [-0.2, -0.15) is 0 Å². The Kier molecular flexibility index (Phi) is 7.77. The normalized spacial score (nSPS) is 18.5. The van der Waals surface area contributed by atoms with Gasteiger partial charge in [-0.25, -0.2) is 4.79 Å². The van der Waals surface area contributed by atoms with Gasteiger partial charge in [-0.15, -0.1) is 0 Å². The van der Waals surface area contributed by atoms with Crippen LogP contribution < -0.4 is 4.90 Å². The summed E-state index contributed by atoms with van der Waals surface area (Å²) in [5.74, 6) is -1.08. The largest absolute Gasteiger partial charge is 0.463 e. The molecule has 7 nitrogen and oxygen atoms in total. The zero-order valence-corrected chi connectivity index (χ0v) is 21.6. The van der Waals surface area contributed by atoms with E-state index in [0.717, 1.165) is 24.2 Å². The lowest BCUT2D eigenvalue weighted by atomic mass is 9.83. The molecule has 7 heteroatoms. The van der Waals surface area contributed by atoms with Gasteiger partial charge in [0, 0.05) is 49.9 Å². The van der Waals surface area contributed by atoms with Crippen molar-refractivity contribution < 1.29 is 19.1 Å². The number of carbonyl (C=O) groups is 3. The lowest BCUT2D eigenvalue weighted by Gasteiger charge is -2.39. The molecule has 2 amide bonds. The maximum atomic E-state index is 13.2. The molecule has 2 heterocycles. The number of esters is 1. The van der Waals surface area contributed by atoms with Crippen molar-refractivity contribution in [3.63, 3.8) is 0 Å². The maximum absolute atomic E-state index is 13.2. The molecule has 4 rings (SSSR count). The van der Waals surface area contributed by atoms with E-state index in [1.807, 2.05) is 48.2 Å². The van der Waals surface area contributed by atoms with Crippen LogP contribution in [0.15, 0.2) is 59.8 Å². The molecule has 1 fully saturated rings. The summed E-state index contributed by atoms with van der Waals surface area (Å²) >= 11 is 0. The van der Waals surface area contributed by atoms with Gasteiger partial charge in [-0.1, -0.05) is 48.0 Å². The SMILES string of the molecule is CCOC(=O)C1=C(C)N(CC(=O)N2CCN(c3ccccc3C)CC2)C(=O)CC1c1ccc(C)cc1. The molecule has 0 aliphatic carbocycles. The molecule has 0 N–H and O–H groups in total. The van der Waals surface area contributed by atoms with E-state index in [1.165, 1.54) is 16.2 Å². The Balaban J connectivity index is 1.50. The van der Waals surface area contributed by atoms with Crippen LogP contribution in [0.3, 0.4) is 0 Å². The average Bonchev–Trinajstić information content (AvgIpc) is 2.87. The van der Waals surface area contributed by atoms with Crippen molar-refractivity contribution in [1.29, 1.82) is 0 Å². The fourth-order valence-electron chi connectivity index (χ4n) is 5.11. The molecule has 36 heavy (non-hydrogen) atoms. The Bertz CT molecular complexity index is 1160. The summed E-state index contributed by atoms with van der Waals surface area (Å²) in [4.78, 5) is 45.0. The van der Waals surface area contributed by atoms with Crippen molar-refractivity contribution in [1.82, 2.24) is 9.80 Å². The number of hydrogen-bond acceptors (Lipinski definition) is 5. The molecule has 2 aromatic carbocycles. The minimum absolute atomic E-state index is 0.0709. The molecule has 2 aliphatic heterocycles. The first kappa shape index (κ1) is 25.5. The second kappa shape index (κ2) is 11.0. The third-order valence-electron chi connectivity index (χ3n) is 7.18. The quantitative estimate of drug-likeness (QED) is 0.578. The Morgan fingerprint density at radius 2 is 1.61 bits per heavy atom. The Labute approximate surface area is 213 Å². The van der Waals surface area contributed by atoms with Crippen molar-refractivity contribution in [2.75, 3.05) is 44.2 Å². The van der Waals surface area contributed by atoms with E-state index in [-0.39, 0.29) is 37.3 Å². The third-order valence-corrected chi connectivity index (χ3v) is 7.18. The molecule has 1 unspecified atom stereocenters. The third kappa shape index (κ3) is 5.30. The van der Waals surface area contributed by atoms with Gasteiger partial charge in [0.15, 0.2) is 0 Å². The molecule has 2 aromatic rings. The number of allylic oxidation sites excluding steroid dienone is 1. The van der Waals surface area contributed by atoms with E-state index < -0.39 is 5.97 Å². The summed E-state index contributed by atoms with van der Waals surface area (Å²) in [6.07, 6.45) is 0.128. The van der Waals surface area contributed by atoms with Gasteiger partial charge in [0.1, 0.15) is 6.54 Å². The summed E-state index contributed by atoms with van der Waals surface area (Å²) in [5, 5.41) is 0. The van der Waals surface area contributed by atoms with Crippen LogP contribution >= 0.6 is 0 Å². The van der Waals surface area contributed by atoms with Gasteiger partial charge in [0.2, 0.25) is 11.8 Å². The molecule has 190 valence electrons. The molecule has 1 atom stereocenters. The Hall–Kier alpha value is -3.61. The number of nitrogens with zero attached hydrogens (tertiary/aromatic N) is 3. The molecule has 0 bridgehead atoms. The van der Waals surface area contributed by atoms with Crippen LogP contribution in [-0.4, -0.2) is 66.9 Å². The minimum atomic E-state index is -0.433. The van der Waals surface area contributed by atoms with E-state index >= 15 is 0 Å². The van der Waals surface area contributed by atoms with Crippen molar-refractivity contribution >= 4 is 23.5 Å². The molecular formula is C29H35N3O4. The fraction of sp³-hybridized carbons (Fsp3) is 0.414. The Morgan fingerprint density at radius 3 is 2.25 bits per heavy atom. The topological polar surface area (TPSA) is 70.2 Å². The number of piperazine rings is 1. The highest BCUT2D eigenvalue weighted by Crippen LogP contribution is 2.37. The highest BCUT2D eigenvalue weighted by molar-refractivity contribution is 5.97. The maximum Gasteiger partial charge on any atom is 0.336 e. The number of benzene rings is 2. The number of ether oxygens (including phenoxy) is 1. The van der Waals surface area contributed by atoms with Gasteiger partial charge in [-0.3, -0.25) is 9.59 Å². The van der Waals surface area contributed by atoms with E-state index in [4.69, 9.17) is 4.74 Å². The molecular weight excluding hydrogens is 454 g/mol.